The fraction of sp³-hybridized carbons (Fsp3) is 0.111. The van der Waals surface area contributed by atoms with Gasteiger partial charge in [-0.3, -0.25) is 4.79 Å². The van der Waals surface area contributed by atoms with Crippen LogP contribution in [0.5, 0.6) is 0 Å². The maximum Gasteiger partial charge on any atom is 0.253 e. The van der Waals surface area contributed by atoms with Crippen molar-refractivity contribution in [1.82, 2.24) is 10.6 Å². The molecule has 2 rings (SSSR count). The second-order valence-electron chi connectivity index (χ2n) is 2.95. The highest BCUT2D eigenvalue weighted by Crippen LogP contribution is 2.20. The minimum Gasteiger partial charge on any atom is -0.347 e. The summed E-state index contributed by atoms with van der Waals surface area (Å²) >= 11 is 8.20. The molecule has 1 aliphatic rings. The molecule has 0 spiro atoms. The quantitative estimate of drug-likeness (QED) is 0.760. The Labute approximate surface area is 95.0 Å². The molecule has 72 valence electrons. The first-order chi connectivity index (χ1) is 6.66. The van der Waals surface area contributed by atoms with Crippen LogP contribution in [0.3, 0.4) is 0 Å². The first kappa shape index (κ1) is 9.61. The van der Waals surface area contributed by atoms with Gasteiger partial charge in [-0.25, -0.2) is 0 Å². The van der Waals surface area contributed by atoms with Crippen LogP contribution < -0.4 is 10.6 Å². The van der Waals surface area contributed by atoms with Crippen LogP contribution in [0.2, 0.25) is 0 Å². The van der Waals surface area contributed by atoms with Gasteiger partial charge in [0.2, 0.25) is 0 Å². The van der Waals surface area contributed by atoms with Crippen molar-refractivity contribution in [3.63, 3.8) is 0 Å². The fourth-order valence-electron chi connectivity index (χ4n) is 1.34. The van der Waals surface area contributed by atoms with Crippen LogP contribution in [0.15, 0.2) is 28.7 Å². The van der Waals surface area contributed by atoms with Gasteiger partial charge in [0.1, 0.15) is 6.04 Å². The molecule has 5 heteroatoms. The summed E-state index contributed by atoms with van der Waals surface area (Å²) in [6.45, 7) is 0. The van der Waals surface area contributed by atoms with Gasteiger partial charge >= 0.3 is 0 Å². The summed E-state index contributed by atoms with van der Waals surface area (Å²) < 4.78 is 0.947. The van der Waals surface area contributed by atoms with E-state index in [1.165, 1.54) is 0 Å². The monoisotopic (exact) mass is 270 g/mol. The van der Waals surface area contributed by atoms with E-state index in [1.807, 2.05) is 24.3 Å². The van der Waals surface area contributed by atoms with Crippen molar-refractivity contribution in [2.45, 2.75) is 6.04 Å². The Morgan fingerprint density at radius 2 is 2.21 bits per heavy atom. The molecular weight excluding hydrogens is 264 g/mol. The van der Waals surface area contributed by atoms with Crippen molar-refractivity contribution in [2.75, 3.05) is 0 Å². The summed E-state index contributed by atoms with van der Waals surface area (Å²) in [5.41, 5.74) is 0.900. The Balaban J connectivity index is 2.31. The lowest BCUT2D eigenvalue weighted by Gasteiger charge is -2.07. The van der Waals surface area contributed by atoms with Crippen molar-refractivity contribution in [2.24, 2.45) is 0 Å². The molecule has 1 saturated heterocycles. The Bertz CT molecular complexity index is 408. The predicted octanol–water partition coefficient (Wildman–Crippen LogP) is 1.49. The van der Waals surface area contributed by atoms with Gasteiger partial charge in [0.05, 0.1) is 0 Å². The van der Waals surface area contributed by atoms with E-state index >= 15 is 0 Å². The van der Waals surface area contributed by atoms with E-state index in [0.717, 1.165) is 10.0 Å². The molecule has 1 unspecified atom stereocenters. The third-order valence-corrected chi connectivity index (χ3v) is 2.67. The number of hydrogen-bond donors (Lipinski definition) is 2. The molecule has 1 aliphatic heterocycles. The number of benzene rings is 1. The Kier molecular flexibility index (Phi) is 2.52. The number of carbonyl (C=O) groups excluding carboxylic acids is 1. The summed E-state index contributed by atoms with van der Waals surface area (Å²) in [6, 6.07) is 7.21. The van der Waals surface area contributed by atoms with Crippen LogP contribution in [0.1, 0.15) is 11.6 Å². The predicted molar refractivity (Wildman–Crippen MR) is 60.8 cm³/mol. The van der Waals surface area contributed by atoms with Crippen LogP contribution in [0.4, 0.5) is 0 Å². The van der Waals surface area contributed by atoms with Gasteiger partial charge < -0.3 is 10.6 Å². The zero-order valence-corrected chi connectivity index (χ0v) is 9.48. The molecule has 14 heavy (non-hydrogen) atoms. The van der Waals surface area contributed by atoms with Gasteiger partial charge in [-0.2, -0.15) is 0 Å². The molecule has 1 aromatic carbocycles. The Morgan fingerprint density at radius 1 is 1.43 bits per heavy atom. The third kappa shape index (κ3) is 1.78. The minimum atomic E-state index is -0.361. The average Bonchev–Trinajstić information content (AvgIpc) is 2.45. The maximum atomic E-state index is 11.4. The zero-order chi connectivity index (χ0) is 10.1. The van der Waals surface area contributed by atoms with Crippen molar-refractivity contribution < 1.29 is 4.79 Å². The van der Waals surface area contributed by atoms with Crippen LogP contribution in [0.25, 0.3) is 0 Å². The van der Waals surface area contributed by atoms with E-state index in [1.54, 1.807) is 0 Å². The first-order valence-electron chi connectivity index (χ1n) is 4.03. The van der Waals surface area contributed by atoms with E-state index in [4.69, 9.17) is 12.2 Å². The number of hydrogen-bond acceptors (Lipinski definition) is 2. The number of nitrogens with one attached hydrogen (secondary N) is 2. The van der Waals surface area contributed by atoms with E-state index in [2.05, 4.69) is 26.6 Å². The molecule has 1 aromatic rings. The number of thiocarbonyl (C=S) groups is 1. The molecule has 2 N–H and O–H groups in total. The topological polar surface area (TPSA) is 41.1 Å². The van der Waals surface area contributed by atoms with E-state index in [9.17, 15) is 4.79 Å². The number of amides is 1. The molecule has 0 saturated carbocycles. The van der Waals surface area contributed by atoms with Crippen LogP contribution in [-0.2, 0) is 4.79 Å². The smallest absolute Gasteiger partial charge is 0.253 e. The van der Waals surface area contributed by atoms with Gasteiger partial charge in [-0.05, 0) is 29.9 Å². The van der Waals surface area contributed by atoms with Crippen LogP contribution in [-0.4, -0.2) is 11.0 Å². The highest BCUT2D eigenvalue weighted by molar-refractivity contribution is 9.10. The molecule has 0 aromatic heterocycles. The molecular formula is C9H7BrN2OS. The summed E-state index contributed by atoms with van der Waals surface area (Å²) in [5.74, 6) is -0.104. The first-order valence-corrected chi connectivity index (χ1v) is 5.24. The second kappa shape index (κ2) is 3.67. The van der Waals surface area contributed by atoms with E-state index in [0.29, 0.717) is 5.11 Å². The molecule has 1 amide bonds. The molecule has 1 atom stereocenters. The zero-order valence-electron chi connectivity index (χ0n) is 7.08. The molecule has 0 bridgehead atoms. The lowest BCUT2D eigenvalue weighted by atomic mass is 10.1. The molecule has 0 aliphatic carbocycles. The van der Waals surface area contributed by atoms with E-state index in [-0.39, 0.29) is 11.9 Å². The largest absolute Gasteiger partial charge is 0.347 e. The van der Waals surface area contributed by atoms with E-state index < -0.39 is 0 Å². The van der Waals surface area contributed by atoms with Gasteiger partial charge in [-0.1, -0.05) is 28.1 Å². The lowest BCUT2D eigenvalue weighted by Crippen LogP contribution is -2.21. The SMILES string of the molecule is O=C1NC(=S)NC1c1cccc(Br)c1. The van der Waals surface area contributed by atoms with Gasteiger partial charge in [0, 0.05) is 4.47 Å². The number of carbonyl (C=O) groups is 1. The van der Waals surface area contributed by atoms with Gasteiger partial charge in [0.25, 0.3) is 5.91 Å². The highest BCUT2D eigenvalue weighted by atomic mass is 79.9. The van der Waals surface area contributed by atoms with Crippen LogP contribution in [0, 0.1) is 0 Å². The van der Waals surface area contributed by atoms with Gasteiger partial charge in [-0.15, -0.1) is 0 Å². The fourth-order valence-corrected chi connectivity index (χ4v) is 1.97. The molecule has 1 fully saturated rings. The molecule has 3 nitrogen and oxygen atoms in total. The molecule has 1 heterocycles. The standard InChI is InChI=1S/C9H7BrN2OS/c10-6-3-1-2-5(4-6)7-8(13)12-9(14)11-7/h1-4,7H,(H2,11,12,13,14). The Hall–Kier alpha value is -0.940. The van der Waals surface area contributed by atoms with Crippen molar-refractivity contribution in [3.8, 4) is 0 Å². The summed E-state index contributed by atoms with van der Waals surface area (Å²) in [7, 11) is 0. The lowest BCUT2D eigenvalue weighted by molar-refractivity contribution is -0.120. The van der Waals surface area contributed by atoms with Crippen LogP contribution >= 0.6 is 28.1 Å². The summed E-state index contributed by atoms with van der Waals surface area (Å²) in [6.07, 6.45) is 0. The van der Waals surface area contributed by atoms with Crippen molar-refractivity contribution in [1.29, 1.82) is 0 Å². The van der Waals surface area contributed by atoms with Crippen molar-refractivity contribution in [3.05, 3.63) is 34.3 Å². The second-order valence-corrected chi connectivity index (χ2v) is 4.27. The van der Waals surface area contributed by atoms with Crippen molar-refractivity contribution >= 4 is 39.2 Å². The summed E-state index contributed by atoms with van der Waals surface area (Å²) in [4.78, 5) is 11.4. The summed E-state index contributed by atoms with van der Waals surface area (Å²) in [5, 5.41) is 5.84. The third-order valence-electron chi connectivity index (χ3n) is 1.96. The Morgan fingerprint density at radius 3 is 2.79 bits per heavy atom. The molecule has 0 radical (unpaired) electrons. The minimum absolute atomic E-state index is 0.104. The number of rotatable bonds is 1. The normalized spacial score (nSPS) is 20.5. The maximum absolute atomic E-state index is 11.4. The average molecular weight is 271 g/mol. The highest BCUT2D eigenvalue weighted by Gasteiger charge is 2.28. The number of halogens is 1. The van der Waals surface area contributed by atoms with Gasteiger partial charge in [0.15, 0.2) is 5.11 Å².